The summed E-state index contributed by atoms with van der Waals surface area (Å²) >= 11 is 0. The fraction of sp³-hybridized carbons (Fsp3) is 0.394. The average molecular weight is 527 g/mol. The van der Waals surface area contributed by atoms with Gasteiger partial charge in [-0.3, -0.25) is 9.59 Å². The molecule has 0 aromatic heterocycles. The topological polar surface area (TPSA) is 87.7 Å². The molecular weight excluding hydrogens is 488 g/mol. The summed E-state index contributed by atoms with van der Waals surface area (Å²) in [6, 6.07) is 16.9. The number of aliphatic carboxylic acids is 1. The van der Waals surface area contributed by atoms with Crippen LogP contribution in [0.3, 0.4) is 0 Å². The molecule has 204 valence electrons. The Kier molecular flexibility index (Phi) is 7.15. The number of fused-ring (bicyclic) bond motifs is 1. The molecule has 2 atom stereocenters. The molecular formula is C33H38N2O4. The minimum Gasteiger partial charge on any atom is -0.484 e. The zero-order valence-corrected chi connectivity index (χ0v) is 23.5. The molecule has 3 aromatic carbocycles. The van der Waals surface area contributed by atoms with Gasteiger partial charge < -0.3 is 20.5 Å². The Bertz CT molecular complexity index is 1420. The Morgan fingerprint density at radius 1 is 1.08 bits per heavy atom. The molecule has 3 N–H and O–H groups in total. The molecule has 2 aliphatic carbocycles. The second-order valence-electron chi connectivity index (χ2n) is 11.4. The van der Waals surface area contributed by atoms with Gasteiger partial charge in [0.2, 0.25) is 0 Å². The molecule has 0 radical (unpaired) electrons. The Hall–Kier alpha value is -3.80. The zero-order chi connectivity index (χ0) is 27.9. The van der Waals surface area contributed by atoms with Crippen LogP contribution in [0, 0.1) is 32.1 Å². The Morgan fingerprint density at radius 3 is 2.44 bits per heavy atom. The van der Waals surface area contributed by atoms with Gasteiger partial charge in [0.05, 0.1) is 5.92 Å². The number of anilines is 1. The molecule has 6 nitrogen and oxygen atoms in total. The standard InChI is InChI=1S/C33H38N2O4/c1-19-13-26(39-18-29(36)34-5)14-20(2)30(19)27-8-6-7-23(21(27)3)17-35-25-9-10-28-24(15-25)16-33(11-12-33)31(28)22(4)32(37)38/h6-10,13-15,22,31,35H,11-12,16-18H2,1-5H3,(H,34,36)(H,37,38). The van der Waals surface area contributed by atoms with Gasteiger partial charge in [-0.25, -0.2) is 0 Å². The zero-order valence-electron chi connectivity index (χ0n) is 23.5. The smallest absolute Gasteiger partial charge is 0.306 e. The summed E-state index contributed by atoms with van der Waals surface area (Å²) in [5.41, 5.74) is 10.8. The van der Waals surface area contributed by atoms with Gasteiger partial charge in [-0.2, -0.15) is 0 Å². The van der Waals surface area contributed by atoms with Crippen LogP contribution in [0.15, 0.2) is 48.5 Å². The predicted molar refractivity (Wildman–Crippen MR) is 154 cm³/mol. The van der Waals surface area contributed by atoms with Gasteiger partial charge in [-0.15, -0.1) is 0 Å². The predicted octanol–water partition coefficient (Wildman–Crippen LogP) is 6.16. The van der Waals surface area contributed by atoms with Gasteiger partial charge in [0, 0.05) is 25.2 Å². The molecule has 0 aliphatic heterocycles. The lowest BCUT2D eigenvalue weighted by Crippen LogP contribution is -2.24. The maximum absolute atomic E-state index is 11.8. The number of ether oxygens (including phenoxy) is 1. The maximum Gasteiger partial charge on any atom is 0.306 e. The van der Waals surface area contributed by atoms with Gasteiger partial charge in [-0.05, 0) is 114 Å². The van der Waals surface area contributed by atoms with Crippen LogP contribution in [-0.4, -0.2) is 30.6 Å². The molecule has 0 saturated heterocycles. The molecule has 3 aromatic rings. The largest absolute Gasteiger partial charge is 0.484 e. The summed E-state index contributed by atoms with van der Waals surface area (Å²) in [6.45, 7) is 8.88. The molecule has 0 heterocycles. The Morgan fingerprint density at radius 2 is 1.79 bits per heavy atom. The second kappa shape index (κ2) is 10.4. The van der Waals surface area contributed by atoms with Crippen LogP contribution in [0.2, 0.25) is 0 Å². The third-order valence-corrected chi connectivity index (χ3v) is 8.82. The molecule has 0 bridgehead atoms. The van der Waals surface area contributed by atoms with E-state index in [0.29, 0.717) is 12.3 Å². The summed E-state index contributed by atoms with van der Waals surface area (Å²) in [6.07, 6.45) is 3.23. The fourth-order valence-electron chi connectivity index (χ4n) is 6.58. The van der Waals surface area contributed by atoms with Crippen LogP contribution >= 0.6 is 0 Å². The number of carbonyl (C=O) groups is 2. The summed E-state index contributed by atoms with van der Waals surface area (Å²) in [5, 5.41) is 15.9. The van der Waals surface area contributed by atoms with Crippen molar-refractivity contribution in [1.82, 2.24) is 5.32 Å². The van der Waals surface area contributed by atoms with Gasteiger partial charge >= 0.3 is 5.97 Å². The van der Waals surface area contributed by atoms with Crippen molar-refractivity contribution < 1.29 is 19.4 Å². The van der Waals surface area contributed by atoms with E-state index in [1.165, 1.54) is 33.4 Å². The molecule has 6 heteroatoms. The van der Waals surface area contributed by atoms with Crippen LogP contribution in [-0.2, 0) is 22.6 Å². The lowest BCUT2D eigenvalue weighted by atomic mass is 9.80. The molecule has 2 aliphatic rings. The van der Waals surface area contributed by atoms with Gasteiger partial charge in [0.1, 0.15) is 5.75 Å². The Balaban J connectivity index is 1.34. The number of carboxylic acid groups (broad SMARTS) is 1. The van der Waals surface area contributed by atoms with E-state index in [4.69, 9.17) is 4.74 Å². The SMILES string of the molecule is CNC(=O)COc1cc(C)c(-c2cccc(CNc3ccc4c(c3)CC3(CC3)C4C(C)C(=O)O)c2C)c(C)c1. The fourth-order valence-corrected chi connectivity index (χ4v) is 6.58. The number of rotatable bonds is 9. The van der Waals surface area contributed by atoms with Crippen LogP contribution < -0.4 is 15.4 Å². The van der Waals surface area contributed by atoms with Gasteiger partial charge in [-0.1, -0.05) is 31.2 Å². The van der Waals surface area contributed by atoms with Gasteiger partial charge in [0.15, 0.2) is 6.61 Å². The van der Waals surface area contributed by atoms with Crippen molar-refractivity contribution in [2.45, 2.75) is 59.4 Å². The van der Waals surface area contributed by atoms with Crippen LogP contribution in [0.25, 0.3) is 11.1 Å². The Labute approximate surface area is 230 Å². The highest BCUT2D eigenvalue weighted by Gasteiger charge is 2.57. The van der Waals surface area contributed by atoms with Crippen molar-refractivity contribution in [2.75, 3.05) is 19.0 Å². The lowest BCUT2D eigenvalue weighted by molar-refractivity contribution is -0.142. The number of hydrogen-bond donors (Lipinski definition) is 3. The van der Waals surface area contributed by atoms with E-state index < -0.39 is 5.97 Å². The minimum absolute atomic E-state index is 0.00215. The summed E-state index contributed by atoms with van der Waals surface area (Å²) < 4.78 is 5.68. The third kappa shape index (κ3) is 5.12. The number of carbonyl (C=O) groups excluding carboxylic acids is 1. The van der Waals surface area contributed by atoms with Crippen molar-refractivity contribution in [2.24, 2.45) is 11.3 Å². The van der Waals surface area contributed by atoms with Crippen LogP contribution in [0.5, 0.6) is 5.75 Å². The first kappa shape index (κ1) is 26.8. The lowest BCUT2D eigenvalue weighted by Gasteiger charge is -2.23. The number of hydrogen-bond acceptors (Lipinski definition) is 4. The summed E-state index contributed by atoms with van der Waals surface area (Å²) in [4.78, 5) is 23.4. The minimum atomic E-state index is -0.701. The number of amides is 1. The molecule has 1 fully saturated rings. The molecule has 1 amide bonds. The normalized spacial score (nSPS) is 17.4. The van der Waals surface area contributed by atoms with E-state index >= 15 is 0 Å². The number of carboxylic acids is 1. The van der Waals surface area contributed by atoms with E-state index in [0.717, 1.165) is 36.1 Å². The summed E-state index contributed by atoms with van der Waals surface area (Å²) in [7, 11) is 1.60. The maximum atomic E-state index is 11.8. The quantitative estimate of drug-likeness (QED) is 0.311. The molecule has 1 saturated carbocycles. The highest BCUT2D eigenvalue weighted by Crippen LogP contribution is 2.65. The van der Waals surface area contributed by atoms with E-state index in [-0.39, 0.29) is 29.8 Å². The first-order valence-electron chi connectivity index (χ1n) is 13.8. The van der Waals surface area contributed by atoms with Crippen LogP contribution in [0.1, 0.15) is 59.1 Å². The van der Waals surface area contributed by atoms with Crippen molar-refractivity contribution in [3.63, 3.8) is 0 Å². The first-order chi connectivity index (χ1) is 18.6. The second-order valence-corrected chi connectivity index (χ2v) is 11.4. The average Bonchev–Trinajstić information content (AvgIpc) is 3.59. The van der Waals surface area contributed by atoms with Crippen molar-refractivity contribution in [3.8, 4) is 16.9 Å². The number of likely N-dealkylation sites (N-methyl/N-ethyl adjacent to an activating group) is 1. The van der Waals surface area contributed by atoms with Gasteiger partial charge in [0.25, 0.3) is 5.91 Å². The molecule has 5 rings (SSSR count). The highest BCUT2D eigenvalue weighted by atomic mass is 16.5. The monoisotopic (exact) mass is 526 g/mol. The first-order valence-corrected chi connectivity index (χ1v) is 13.8. The third-order valence-electron chi connectivity index (χ3n) is 8.82. The van der Waals surface area contributed by atoms with E-state index in [2.05, 4.69) is 67.8 Å². The van der Waals surface area contributed by atoms with Crippen LogP contribution in [0.4, 0.5) is 5.69 Å². The van der Waals surface area contributed by atoms with E-state index in [9.17, 15) is 14.7 Å². The van der Waals surface area contributed by atoms with E-state index in [1.807, 2.05) is 19.1 Å². The highest BCUT2D eigenvalue weighted by molar-refractivity contribution is 5.78. The summed E-state index contributed by atoms with van der Waals surface area (Å²) in [5.74, 6) is -0.410. The number of benzene rings is 3. The molecule has 39 heavy (non-hydrogen) atoms. The van der Waals surface area contributed by atoms with Crippen molar-refractivity contribution in [3.05, 3.63) is 81.9 Å². The molecule has 2 unspecified atom stereocenters. The number of aryl methyl sites for hydroxylation is 2. The number of nitrogens with one attached hydrogen (secondary N) is 2. The van der Waals surface area contributed by atoms with Crippen molar-refractivity contribution >= 4 is 17.6 Å². The molecule has 1 spiro atoms. The van der Waals surface area contributed by atoms with Crippen molar-refractivity contribution in [1.29, 1.82) is 0 Å². The van der Waals surface area contributed by atoms with E-state index in [1.54, 1.807) is 7.05 Å².